The van der Waals surface area contributed by atoms with Crippen molar-refractivity contribution in [2.75, 3.05) is 27.3 Å². The van der Waals surface area contributed by atoms with E-state index in [2.05, 4.69) is 0 Å². The molecule has 0 radical (unpaired) electrons. The number of carbonyl (C=O) groups is 2. The topological polar surface area (TPSA) is 102 Å². The summed E-state index contributed by atoms with van der Waals surface area (Å²) >= 11 is 6.31. The maximum absolute atomic E-state index is 12.6. The molecule has 0 saturated heterocycles. The molecule has 26 heavy (non-hydrogen) atoms. The van der Waals surface area contributed by atoms with Crippen LogP contribution in [0.25, 0.3) is 0 Å². The number of ether oxygens (including phenoxy) is 2. The van der Waals surface area contributed by atoms with E-state index in [9.17, 15) is 14.7 Å². The van der Waals surface area contributed by atoms with Gasteiger partial charge in [0.05, 0.1) is 18.6 Å². The third-order valence-corrected chi connectivity index (χ3v) is 4.56. The van der Waals surface area contributed by atoms with Gasteiger partial charge in [0.2, 0.25) is 5.88 Å². The number of aliphatic carboxylic acids is 1. The molecule has 7 nitrogen and oxygen atoms in total. The lowest BCUT2D eigenvalue weighted by Gasteiger charge is -2.35. The van der Waals surface area contributed by atoms with Crippen molar-refractivity contribution in [2.24, 2.45) is 5.73 Å². The molecule has 1 atom stereocenters. The maximum Gasteiger partial charge on any atom is 0.340 e. The van der Waals surface area contributed by atoms with Gasteiger partial charge in [0.1, 0.15) is 12.2 Å². The first-order chi connectivity index (χ1) is 12.3. The zero-order chi connectivity index (χ0) is 19.4. The Bertz CT molecular complexity index is 788. The lowest BCUT2D eigenvalue weighted by molar-refractivity contribution is -0.137. The molecular formula is C18H21ClN2O5. The number of hydrogen-bond donors (Lipinski definition) is 2. The van der Waals surface area contributed by atoms with Gasteiger partial charge in [0.15, 0.2) is 0 Å². The molecule has 1 unspecified atom stereocenters. The second-order valence-electron chi connectivity index (χ2n) is 5.67. The quantitative estimate of drug-likeness (QED) is 0.728. The van der Waals surface area contributed by atoms with E-state index in [4.69, 9.17) is 26.8 Å². The molecule has 0 aliphatic carbocycles. The summed E-state index contributed by atoms with van der Waals surface area (Å²) in [5.74, 6) is -2.58. The van der Waals surface area contributed by atoms with Crippen LogP contribution in [0.3, 0.4) is 0 Å². The van der Waals surface area contributed by atoms with Crippen molar-refractivity contribution in [3.8, 4) is 0 Å². The van der Waals surface area contributed by atoms with Crippen LogP contribution < -0.4 is 5.73 Å². The van der Waals surface area contributed by atoms with Crippen LogP contribution in [0.5, 0.6) is 0 Å². The number of carboxylic acids is 1. The molecule has 1 aliphatic rings. The average molecular weight is 381 g/mol. The van der Waals surface area contributed by atoms with Gasteiger partial charge < -0.3 is 25.2 Å². The smallest absolute Gasteiger partial charge is 0.340 e. The summed E-state index contributed by atoms with van der Waals surface area (Å²) in [6.45, 7) is 2.04. The van der Waals surface area contributed by atoms with Crippen molar-refractivity contribution in [3.63, 3.8) is 0 Å². The lowest BCUT2D eigenvalue weighted by Crippen LogP contribution is -2.35. The van der Waals surface area contributed by atoms with Crippen LogP contribution in [0.4, 0.5) is 0 Å². The van der Waals surface area contributed by atoms with Gasteiger partial charge in [-0.25, -0.2) is 9.59 Å². The normalized spacial score (nSPS) is 17.4. The highest BCUT2D eigenvalue weighted by molar-refractivity contribution is 6.31. The summed E-state index contributed by atoms with van der Waals surface area (Å²) in [5, 5.41) is 10.2. The summed E-state index contributed by atoms with van der Waals surface area (Å²) in [6, 6.07) is 6.77. The van der Waals surface area contributed by atoms with Crippen LogP contribution in [-0.2, 0) is 19.1 Å². The first kappa shape index (κ1) is 19.8. The lowest BCUT2D eigenvalue weighted by atomic mass is 9.81. The molecule has 1 aliphatic heterocycles. The minimum Gasteiger partial charge on any atom is -0.478 e. The van der Waals surface area contributed by atoms with Crippen molar-refractivity contribution in [2.45, 2.75) is 12.8 Å². The summed E-state index contributed by atoms with van der Waals surface area (Å²) in [6.07, 6.45) is 0. The van der Waals surface area contributed by atoms with Gasteiger partial charge >= 0.3 is 11.9 Å². The minimum atomic E-state index is -1.15. The average Bonchev–Trinajstić information content (AvgIpc) is 2.62. The standard InChI is InChI=1S/C18H21ClN2O5/c1-10-13(17(22)23)14(11-6-4-5-7-12(11)19)15(18(24)25-3)16(21(10)2)26-9-8-20/h4-7,14H,8-9,20H2,1-3H3,(H,22,23). The van der Waals surface area contributed by atoms with Crippen LogP contribution >= 0.6 is 11.6 Å². The molecule has 0 spiro atoms. The molecular weight excluding hydrogens is 360 g/mol. The van der Waals surface area contributed by atoms with E-state index in [0.29, 0.717) is 16.3 Å². The van der Waals surface area contributed by atoms with E-state index < -0.39 is 17.9 Å². The molecule has 0 saturated carbocycles. The van der Waals surface area contributed by atoms with E-state index in [1.807, 2.05) is 0 Å². The molecule has 0 fully saturated rings. The van der Waals surface area contributed by atoms with Crippen molar-refractivity contribution in [3.05, 3.63) is 57.6 Å². The number of nitrogens with two attached hydrogens (primary N) is 1. The van der Waals surface area contributed by atoms with Crippen LogP contribution in [0.1, 0.15) is 18.4 Å². The van der Waals surface area contributed by atoms with Crippen molar-refractivity contribution >= 4 is 23.5 Å². The fraction of sp³-hybridized carbons (Fsp3) is 0.333. The van der Waals surface area contributed by atoms with Crippen LogP contribution in [0, 0.1) is 0 Å². The predicted octanol–water partition coefficient (Wildman–Crippen LogP) is 2.09. The minimum absolute atomic E-state index is 0.0288. The summed E-state index contributed by atoms with van der Waals surface area (Å²) < 4.78 is 10.6. The summed E-state index contributed by atoms with van der Waals surface area (Å²) in [7, 11) is 2.85. The van der Waals surface area contributed by atoms with Crippen molar-refractivity contribution < 1.29 is 24.2 Å². The summed E-state index contributed by atoms with van der Waals surface area (Å²) in [4.78, 5) is 26.1. The van der Waals surface area contributed by atoms with Gasteiger partial charge in [0.25, 0.3) is 0 Å². The Morgan fingerprint density at radius 2 is 1.96 bits per heavy atom. The van der Waals surface area contributed by atoms with Crippen molar-refractivity contribution in [1.82, 2.24) is 4.90 Å². The maximum atomic E-state index is 12.6. The second kappa shape index (κ2) is 8.25. The SMILES string of the molecule is COC(=O)C1=C(OCCN)N(C)C(C)=C(C(=O)O)C1c1ccccc1Cl. The number of halogens is 1. The van der Waals surface area contributed by atoms with Crippen LogP contribution in [0.15, 0.2) is 47.0 Å². The zero-order valence-electron chi connectivity index (χ0n) is 14.8. The second-order valence-corrected chi connectivity index (χ2v) is 6.07. The number of methoxy groups -OCH3 is 1. The molecule has 2 rings (SSSR count). The molecule has 1 aromatic carbocycles. The molecule has 8 heteroatoms. The van der Waals surface area contributed by atoms with E-state index >= 15 is 0 Å². The molecule has 1 heterocycles. The van der Waals surface area contributed by atoms with E-state index in [0.717, 1.165) is 0 Å². The van der Waals surface area contributed by atoms with E-state index in [1.54, 1.807) is 38.2 Å². The number of hydrogen-bond acceptors (Lipinski definition) is 6. The van der Waals surface area contributed by atoms with Crippen LogP contribution in [-0.4, -0.2) is 49.3 Å². The third-order valence-electron chi connectivity index (χ3n) is 4.21. The highest BCUT2D eigenvalue weighted by atomic mass is 35.5. The third kappa shape index (κ3) is 3.54. The largest absolute Gasteiger partial charge is 0.478 e. The zero-order valence-corrected chi connectivity index (χ0v) is 15.5. The van der Waals surface area contributed by atoms with Gasteiger partial charge in [0, 0.05) is 24.3 Å². The van der Waals surface area contributed by atoms with Crippen molar-refractivity contribution in [1.29, 1.82) is 0 Å². The fourth-order valence-electron chi connectivity index (χ4n) is 2.93. The Morgan fingerprint density at radius 1 is 1.31 bits per heavy atom. The fourth-order valence-corrected chi connectivity index (χ4v) is 3.18. The number of benzene rings is 1. The Hall–Kier alpha value is -2.51. The first-order valence-corrected chi connectivity index (χ1v) is 8.30. The van der Waals surface area contributed by atoms with Gasteiger partial charge in [-0.15, -0.1) is 0 Å². The Morgan fingerprint density at radius 3 is 2.50 bits per heavy atom. The number of esters is 1. The number of nitrogens with zero attached hydrogens (tertiary/aromatic N) is 1. The molecule has 140 valence electrons. The monoisotopic (exact) mass is 380 g/mol. The van der Waals surface area contributed by atoms with Gasteiger partial charge in [-0.05, 0) is 18.6 Å². The number of carboxylic acid groups (broad SMARTS) is 1. The highest BCUT2D eigenvalue weighted by Crippen LogP contribution is 2.44. The van der Waals surface area contributed by atoms with Gasteiger partial charge in [-0.2, -0.15) is 0 Å². The van der Waals surface area contributed by atoms with Crippen LogP contribution in [0.2, 0.25) is 5.02 Å². The highest BCUT2D eigenvalue weighted by Gasteiger charge is 2.42. The number of allylic oxidation sites excluding steroid dienone is 1. The molecule has 3 N–H and O–H groups in total. The summed E-state index contributed by atoms with van der Waals surface area (Å²) in [5.41, 5.74) is 6.53. The molecule has 0 bridgehead atoms. The Kier molecular flexibility index (Phi) is 6.28. The molecule has 1 aromatic rings. The first-order valence-electron chi connectivity index (χ1n) is 7.92. The molecule has 0 aromatic heterocycles. The van der Waals surface area contributed by atoms with Gasteiger partial charge in [-0.3, -0.25) is 0 Å². The van der Waals surface area contributed by atoms with Gasteiger partial charge in [-0.1, -0.05) is 29.8 Å². The predicted molar refractivity (Wildman–Crippen MR) is 96.3 cm³/mol. The van der Waals surface area contributed by atoms with E-state index in [1.165, 1.54) is 12.0 Å². The number of carbonyl (C=O) groups excluding carboxylic acids is 1. The Labute approximate surface area is 156 Å². The Balaban J connectivity index is 2.80. The molecule has 0 amide bonds. The number of rotatable bonds is 6. The van der Waals surface area contributed by atoms with E-state index in [-0.39, 0.29) is 30.2 Å².